The summed E-state index contributed by atoms with van der Waals surface area (Å²) in [6.45, 7) is 11.4. The maximum Gasteiger partial charge on any atom is 0.305 e. The van der Waals surface area contributed by atoms with Gasteiger partial charge in [0.1, 0.15) is 12.2 Å². The fraction of sp³-hybridized carbons (Fsp3) is 0.615. The molecular weight excluding hydrogens is 438 g/mol. The number of ether oxygens (including phenoxy) is 2. The van der Waals surface area contributed by atoms with Crippen molar-refractivity contribution in [3.63, 3.8) is 0 Å². The monoisotopic (exact) mass is 477 g/mol. The Kier molecular flexibility index (Phi) is 10.7. The van der Waals surface area contributed by atoms with Gasteiger partial charge in [-0.3, -0.25) is 9.59 Å². The summed E-state index contributed by atoms with van der Waals surface area (Å²) in [6.07, 6.45) is 7.36. The second-order valence-electron chi connectivity index (χ2n) is 9.48. The molecule has 0 aromatic heterocycles. The highest BCUT2D eigenvalue weighted by molar-refractivity contribution is 5.87. The molecular formula is C26H39NO7. The Morgan fingerprint density at radius 2 is 1.97 bits per heavy atom. The molecule has 0 bridgehead atoms. The Labute approximate surface area is 202 Å². The first-order valence-electron chi connectivity index (χ1n) is 11.9. The fourth-order valence-electron chi connectivity index (χ4n) is 4.24. The molecule has 4 N–H and O–H groups in total. The van der Waals surface area contributed by atoms with E-state index in [0.717, 1.165) is 12.0 Å². The second-order valence-corrected chi connectivity index (χ2v) is 9.48. The van der Waals surface area contributed by atoms with E-state index >= 15 is 0 Å². The standard InChI is InChI=1S/C26H39NO7/c1-15(7-10-23-26(32)17(3)12-20(34-23)14-25(30)31)6-9-22-16(2)13-21(19(5)33-22)27-24(29)11-8-18(4)28/h6-8,10-11,16,18-23,26,28,32H,3,9,12-14H2,1-2,4-5H3,(H,27,29)(H,30,31)/b10-7+,11-8-,15-6+/t16-,18-,19+,20-,21+,22-,23+,26-/m0/s1. The molecule has 0 aromatic rings. The molecule has 2 aliphatic heterocycles. The highest BCUT2D eigenvalue weighted by Crippen LogP contribution is 2.29. The Balaban J connectivity index is 1.90. The molecule has 0 spiro atoms. The molecule has 0 aliphatic carbocycles. The van der Waals surface area contributed by atoms with E-state index in [-0.39, 0.29) is 36.5 Å². The minimum absolute atomic E-state index is 0.00996. The smallest absolute Gasteiger partial charge is 0.305 e. The van der Waals surface area contributed by atoms with Crippen LogP contribution in [0.3, 0.4) is 0 Å². The van der Waals surface area contributed by atoms with Gasteiger partial charge in [-0.1, -0.05) is 43.4 Å². The van der Waals surface area contributed by atoms with Gasteiger partial charge in [0.2, 0.25) is 5.91 Å². The quantitative estimate of drug-likeness (QED) is 0.229. The molecule has 8 heteroatoms. The number of hydrogen-bond acceptors (Lipinski definition) is 6. The molecule has 0 aromatic carbocycles. The number of aliphatic hydroxyl groups is 2. The van der Waals surface area contributed by atoms with Crippen molar-refractivity contribution in [1.29, 1.82) is 0 Å². The van der Waals surface area contributed by atoms with Gasteiger partial charge in [-0.15, -0.1) is 0 Å². The van der Waals surface area contributed by atoms with Crippen LogP contribution in [0.5, 0.6) is 0 Å². The molecule has 1 amide bonds. The van der Waals surface area contributed by atoms with Crippen LogP contribution in [-0.2, 0) is 19.1 Å². The lowest BCUT2D eigenvalue weighted by Gasteiger charge is -2.39. The molecule has 0 radical (unpaired) electrons. The van der Waals surface area contributed by atoms with Crippen LogP contribution in [0, 0.1) is 5.92 Å². The van der Waals surface area contributed by atoms with Crippen molar-refractivity contribution >= 4 is 11.9 Å². The normalized spacial score (nSPS) is 33.9. The molecule has 0 unspecified atom stereocenters. The third kappa shape index (κ3) is 8.83. The third-order valence-electron chi connectivity index (χ3n) is 6.26. The van der Waals surface area contributed by atoms with Crippen LogP contribution in [0.2, 0.25) is 0 Å². The maximum absolute atomic E-state index is 12.0. The van der Waals surface area contributed by atoms with E-state index in [9.17, 15) is 19.8 Å². The number of carbonyl (C=O) groups is 2. The summed E-state index contributed by atoms with van der Waals surface area (Å²) in [4.78, 5) is 23.0. The van der Waals surface area contributed by atoms with Crippen molar-refractivity contribution in [3.05, 3.63) is 48.1 Å². The van der Waals surface area contributed by atoms with Crippen LogP contribution in [0.25, 0.3) is 0 Å². The Morgan fingerprint density at radius 3 is 2.62 bits per heavy atom. The summed E-state index contributed by atoms with van der Waals surface area (Å²) in [5, 5.41) is 31.6. The topological polar surface area (TPSA) is 125 Å². The van der Waals surface area contributed by atoms with Crippen LogP contribution in [0.15, 0.2) is 48.1 Å². The lowest BCUT2D eigenvalue weighted by atomic mass is 9.88. The van der Waals surface area contributed by atoms with Crippen molar-refractivity contribution in [2.45, 2.75) is 96.0 Å². The number of carbonyl (C=O) groups excluding carboxylic acids is 1. The number of rotatable bonds is 9. The van der Waals surface area contributed by atoms with Gasteiger partial charge in [-0.2, -0.15) is 0 Å². The molecule has 2 fully saturated rings. The van der Waals surface area contributed by atoms with Crippen LogP contribution < -0.4 is 5.32 Å². The first-order chi connectivity index (χ1) is 16.0. The van der Waals surface area contributed by atoms with E-state index in [2.05, 4.69) is 24.9 Å². The largest absolute Gasteiger partial charge is 0.481 e. The van der Waals surface area contributed by atoms with Crippen LogP contribution >= 0.6 is 0 Å². The summed E-state index contributed by atoms with van der Waals surface area (Å²) in [6, 6.07) is -0.0980. The number of allylic oxidation sites excluding steroid dienone is 2. The zero-order valence-electron chi connectivity index (χ0n) is 20.5. The number of nitrogens with one attached hydrogen (secondary N) is 1. The summed E-state index contributed by atoms with van der Waals surface area (Å²) in [7, 11) is 0. The number of hydrogen-bond donors (Lipinski definition) is 4. The van der Waals surface area contributed by atoms with Crippen molar-refractivity contribution < 1.29 is 34.4 Å². The molecule has 8 atom stereocenters. The lowest BCUT2D eigenvalue weighted by Crippen LogP contribution is -2.50. The number of carboxylic acid groups (broad SMARTS) is 1. The first-order valence-corrected chi connectivity index (χ1v) is 11.9. The zero-order chi connectivity index (χ0) is 25.4. The van der Waals surface area contributed by atoms with Gasteiger partial charge in [0.05, 0.1) is 36.9 Å². The molecule has 190 valence electrons. The van der Waals surface area contributed by atoms with E-state index in [1.165, 1.54) is 12.2 Å². The average Bonchev–Trinajstić information content (AvgIpc) is 2.74. The minimum Gasteiger partial charge on any atom is -0.481 e. The third-order valence-corrected chi connectivity index (χ3v) is 6.26. The lowest BCUT2D eigenvalue weighted by molar-refractivity contribution is -0.143. The van der Waals surface area contributed by atoms with E-state index in [1.54, 1.807) is 13.0 Å². The van der Waals surface area contributed by atoms with Crippen LogP contribution in [0.1, 0.15) is 53.4 Å². The zero-order valence-corrected chi connectivity index (χ0v) is 20.5. The number of aliphatic carboxylic acids is 1. The van der Waals surface area contributed by atoms with Crippen molar-refractivity contribution in [2.24, 2.45) is 5.92 Å². The minimum atomic E-state index is -0.943. The molecule has 34 heavy (non-hydrogen) atoms. The molecule has 2 rings (SSSR count). The second kappa shape index (κ2) is 13.0. The van der Waals surface area contributed by atoms with E-state index in [0.29, 0.717) is 18.4 Å². The fourth-order valence-corrected chi connectivity index (χ4v) is 4.24. The first kappa shape index (κ1) is 28.0. The summed E-state index contributed by atoms with van der Waals surface area (Å²) >= 11 is 0. The van der Waals surface area contributed by atoms with Gasteiger partial charge in [0.25, 0.3) is 0 Å². The van der Waals surface area contributed by atoms with E-state index < -0.39 is 30.4 Å². The number of amides is 1. The van der Waals surface area contributed by atoms with Crippen molar-refractivity contribution in [2.75, 3.05) is 0 Å². The molecule has 8 nitrogen and oxygen atoms in total. The van der Waals surface area contributed by atoms with E-state index in [4.69, 9.17) is 14.6 Å². The molecule has 0 saturated carbocycles. The maximum atomic E-state index is 12.0. The molecule has 2 aliphatic rings. The van der Waals surface area contributed by atoms with Gasteiger partial charge >= 0.3 is 5.97 Å². The highest BCUT2D eigenvalue weighted by atomic mass is 16.5. The number of carboxylic acids is 1. The number of aliphatic hydroxyl groups excluding tert-OH is 2. The van der Waals surface area contributed by atoms with E-state index in [1.807, 2.05) is 19.9 Å². The average molecular weight is 478 g/mol. The van der Waals surface area contributed by atoms with Crippen LogP contribution in [-0.4, -0.2) is 69.9 Å². The SMILES string of the molecule is C=C1C[C@@H](CC(=O)O)O[C@H](/C=C/C(C)=C/C[C@@H]2O[C@H](C)[C@H](NC(=O)/C=C\[C@H](C)O)C[C@@H]2C)[C@H]1O. The summed E-state index contributed by atoms with van der Waals surface area (Å²) in [5.74, 6) is -0.950. The van der Waals surface area contributed by atoms with Gasteiger partial charge < -0.3 is 30.1 Å². The Morgan fingerprint density at radius 1 is 1.26 bits per heavy atom. The van der Waals surface area contributed by atoms with Gasteiger partial charge in [0.15, 0.2) is 0 Å². The molecule has 2 heterocycles. The van der Waals surface area contributed by atoms with Crippen molar-refractivity contribution in [1.82, 2.24) is 5.32 Å². The van der Waals surface area contributed by atoms with Gasteiger partial charge in [-0.05, 0) is 51.5 Å². The summed E-state index contributed by atoms with van der Waals surface area (Å²) < 4.78 is 11.9. The van der Waals surface area contributed by atoms with Gasteiger partial charge in [-0.25, -0.2) is 0 Å². The highest BCUT2D eigenvalue weighted by Gasteiger charge is 2.34. The summed E-state index contributed by atoms with van der Waals surface area (Å²) in [5.41, 5.74) is 1.55. The van der Waals surface area contributed by atoms with Crippen LogP contribution in [0.4, 0.5) is 0 Å². The van der Waals surface area contributed by atoms with Gasteiger partial charge in [0, 0.05) is 6.08 Å². The predicted molar refractivity (Wildman–Crippen MR) is 129 cm³/mol. The molecule has 2 saturated heterocycles. The van der Waals surface area contributed by atoms with Crippen molar-refractivity contribution in [3.8, 4) is 0 Å². The Hall–Kier alpha value is -2.26. The Bertz CT molecular complexity index is 816. The predicted octanol–water partition coefficient (Wildman–Crippen LogP) is 2.66.